The molecule has 0 aromatic carbocycles. The van der Waals surface area contributed by atoms with Crippen LogP contribution in [0.15, 0.2) is 0 Å². The Bertz CT molecular complexity index is 204. The van der Waals surface area contributed by atoms with Crippen molar-refractivity contribution in [1.29, 1.82) is 0 Å². The number of ketones is 1. The van der Waals surface area contributed by atoms with Gasteiger partial charge >= 0.3 is 0 Å². The Labute approximate surface area is 83.4 Å². The molecule has 0 radical (unpaired) electrons. The first kappa shape index (κ1) is 12.4. The van der Waals surface area contributed by atoms with Crippen molar-refractivity contribution >= 4 is 24.1 Å². The van der Waals surface area contributed by atoms with Gasteiger partial charge in [-0.1, -0.05) is 19.3 Å². The van der Waals surface area contributed by atoms with Gasteiger partial charge in [0.2, 0.25) is 5.78 Å². The van der Waals surface area contributed by atoms with Crippen molar-refractivity contribution in [2.45, 2.75) is 31.7 Å². The number of carbonyl (C=O) groups is 2. The van der Waals surface area contributed by atoms with Gasteiger partial charge in [-0.05, 0) is 12.3 Å². The summed E-state index contributed by atoms with van der Waals surface area (Å²) in [5, 5.41) is 0. The molecule has 1 saturated carbocycles. The van der Waals surface area contributed by atoms with E-state index in [1.54, 1.807) is 0 Å². The predicted octanol–water partition coefficient (Wildman–Crippen LogP) is -0.0199. The van der Waals surface area contributed by atoms with Gasteiger partial charge in [0.15, 0.2) is 0 Å². The monoisotopic (exact) mass is 206 g/mol. The summed E-state index contributed by atoms with van der Waals surface area (Å²) in [6.45, 7) is 0. The normalized spacial score (nSPS) is 18.2. The Morgan fingerprint density at radius 3 is 2.23 bits per heavy atom. The van der Waals surface area contributed by atoms with Gasteiger partial charge in [0, 0.05) is 0 Å². The van der Waals surface area contributed by atoms with E-state index in [1.165, 1.54) is 6.42 Å². The summed E-state index contributed by atoms with van der Waals surface area (Å²) >= 11 is 0. The predicted molar refractivity (Wildman–Crippen MR) is 51.4 cm³/mol. The number of Topliss-reactive ketones (excluding diaryl/α,β-unsaturated/α-hetero) is 1. The summed E-state index contributed by atoms with van der Waals surface area (Å²) < 4.78 is 0. The third-order valence-electron chi connectivity index (χ3n) is 2.39. The minimum absolute atomic E-state index is 0. The van der Waals surface area contributed by atoms with Crippen molar-refractivity contribution in [3.05, 3.63) is 0 Å². The molecule has 4 N–H and O–H groups in total. The molecule has 1 atom stereocenters. The molecule has 13 heavy (non-hydrogen) atoms. The molecule has 1 rings (SSSR count). The van der Waals surface area contributed by atoms with Crippen LogP contribution in [0, 0.1) is 5.92 Å². The van der Waals surface area contributed by atoms with Crippen LogP contribution in [0.4, 0.5) is 0 Å². The molecule has 76 valence electrons. The second-order valence-electron chi connectivity index (χ2n) is 3.37. The molecule has 0 aliphatic heterocycles. The Balaban J connectivity index is 0.00000144. The van der Waals surface area contributed by atoms with Crippen LogP contribution in [0.25, 0.3) is 0 Å². The molecular weight excluding hydrogens is 192 g/mol. The molecule has 1 amide bonds. The number of hydrogen-bond donors (Lipinski definition) is 2. The number of rotatable bonds is 4. The smallest absolute Gasteiger partial charge is 0.286 e. The fraction of sp³-hybridized carbons (Fsp3) is 0.750. The molecule has 0 heterocycles. The lowest BCUT2D eigenvalue weighted by Gasteiger charge is -2.26. The Hall–Kier alpha value is -0.610. The van der Waals surface area contributed by atoms with Gasteiger partial charge in [0.25, 0.3) is 5.91 Å². The van der Waals surface area contributed by atoms with Gasteiger partial charge in [0.1, 0.15) is 0 Å². The summed E-state index contributed by atoms with van der Waals surface area (Å²) in [7, 11) is 0. The second kappa shape index (κ2) is 5.19. The minimum Gasteiger partial charge on any atom is -0.363 e. The lowest BCUT2D eigenvalue weighted by molar-refractivity contribution is -0.137. The van der Waals surface area contributed by atoms with Crippen LogP contribution < -0.4 is 11.5 Å². The highest BCUT2D eigenvalue weighted by Gasteiger charge is 2.26. The summed E-state index contributed by atoms with van der Waals surface area (Å²) in [6.07, 6.45) is 4.07. The van der Waals surface area contributed by atoms with Crippen LogP contribution in [0.1, 0.15) is 25.7 Å². The summed E-state index contributed by atoms with van der Waals surface area (Å²) in [4.78, 5) is 21.3. The first-order valence-electron chi connectivity index (χ1n) is 4.20. The third kappa shape index (κ3) is 3.32. The van der Waals surface area contributed by atoms with Crippen molar-refractivity contribution in [1.82, 2.24) is 0 Å². The number of amides is 1. The maximum absolute atomic E-state index is 10.9. The fourth-order valence-corrected chi connectivity index (χ4v) is 1.38. The van der Waals surface area contributed by atoms with Crippen molar-refractivity contribution in [2.75, 3.05) is 0 Å². The van der Waals surface area contributed by atoms with Gasteiger partial charge in [-0.25, -0.2) is 0 Å². The second-order valence-corrected chi connectivity index (χ2v) is 3.37. The molecule has 1 unspecified atom stereocenters. The number of nitrogens with two attached hydrogens (primary N) is 2. The van der Waals surface area contributed by atoms with E-state index in [4.69, 9.17) is 11.5 Å². The lowest BCUT2D eigenvalue weighted by Crippen LogP contribution is -2.41. The fourth-order valence-electron chi connectivity index (χ4n) is 1.38. The Kier molecular flexibility index (Phi) is 4.95. The lowest BCUT2D eigenvalue weighted by atomic mass is 9.80. The Morgan fingerprint density at radius 1 is 1.38 bits per heavy atom. The first-order chi connectivity index (χ1) is 5.61. The van der Waals surface area contributed by atoms with Gasteiger partial charge in [0.05, 0.1) is 6.04 Å². The molecule has 1 aliphatic rings. The van der Waals surface area contributed by atoms with E-state index in [0.29, 0.717) is 12.3 Å². The molecule has 0 aromatic rings. The number of hydrogen-bond acceptors (Lipinski definition) is 3. The van der Waals surface area contributed by atoms with E-state index in [1.807, 2.05) is 0 Å². The van der Waals surface area contributed by atoms with Gasteiger partial charge in [-0.15, -0.1) is 12.4 Å². The van der Waals surface area contributed by atoms with Crippen molar-refractivity contribution in [3.8, 4) is 0 Å². The van der Waals surface area contributed by atoms with Crippen molar-refractivity contribution in [3.63, 3.8) is 0 Å². The largest absolute Gasteiger partial charge is 0.363 e. The quantitative estimate of drug-likeness (QED) is 0.634. The van der Waals surface area contributed by atoms with E-state index >= 15 is 0 Å². The molecule has 5 heteroatoms. The zero-order valence-corrected chi connectivity index (χ0v) is 8.18. The molecule has 1 aliphatic carbocycles. The standard InChI is InChI=1S/C8H14N2O2.ClH/c9-6(7(11)8(10)12)4-5-2-1-3-5;/h5-6H,1-4,9H2,(H2,10,12);1H. The first-order valence-corrected chi connectivity index (χ1v) is 4.20. The highest BCUT2D eigenvalue weighted by Crippen LogP contribution is 2.30. The highest BCUT2D eigenvalue weighted by molar-refractivity contribution is 6.37. The number of carbonyl (C=O) groups excluding carboxylic acids is 2. The zero-order valence-electron chi connectivity index (χ0n) is 7.36. The van der Waals surface area contributed by atoms with Gasteiger partial charge in [-0.3, -0.25) is 9.59 Å². The van der Waals surface area contributed by atoms with Crippen LogP contribution in [0.3, 0.4) is 0 Å². The summed E-state index contributed by atoms with van der Waals surface area (Å²) in [5.41, 5.74) is 10.3. The number of primary amides is 1. The average molecular weight is 207 g/mol. The molecule has 1 fully saturated rings. The minimum atomic E-state index is -0.915. The topological polar surface area (TPSA) is 86.2 Å². The van der Waals surface area contributed by atoms with E-state index in [9.17, 15) is 9.59 Å². The third-order valence-corrected chi connectivity index (χ3v) is 2.39. The van der Waals surface area contributed by atoms with E-state index in [2.05, 4.69) is 0 Å². The zero-order chi connectivity index (χ0) is 9.14. The van der Waals surface area contributed by atoms with Crippen molar-refractivity contribution in [2.24, 2.45) is 17.4 Å². The van der Waals surface area contributed by atoms with Crippen LogP contribution in [0.2, 0.25) is 0 Å². The summed E-state index contributed by atoms with van der Waals surface area (Å²) in [6, 6.07) is -0.673. The Morgan fingerprint density at radius 2 is 1.92 bits per heavy atom. The number of halogens is 1. The molecule has 4 nitrogen and oxygen atoms in total. The van der Waals surface area contributed by atoms with Gasteiger partial charge in [-0.2, -0.15) is 0 Å². The molecule has 0 bridgehead atoms. The highest BCUT2D eigenvalue weighted by atomic mass is 35.5. The molecule has 0 saturated heterocycles. The van der Waals surface area contributed by atoms with Crippen molar-refractivity contribution < 1.29 is 9.59 Å². The maximum atomic E-state index is 10.9. The average Bonchev–Trinajstić information content (AvgIpc) is 1.94. The van der Waals surface area contributed by atoms with E-state index in [0.717, 1.165) is 12.8 Å². The van der Waals surface area contributed by atoms with Crippen LogP contribution >= 0.6 is 12.4 Å². The molecular formula is C8H15ClN2O2. The van der Waals surface area contributed by atoms with Crippen LogP contribution in [0.5, 0.6) is 0 Å². The van der Waals surface area contributed by atoms with E-state index in [-0.39, 0.29) is 12.4 Å². The summed E-state index contributed by atoms with van der Waals surface area (Å²) in [5.74, 6) is -1.02. The van der Waals surface area contributed by atoms with E-state index < -0.39 is 17.7 Å². The maximum Gasteiger partial charge on any atom is 0.286 e. The van der Waals surface area contributed by atoms with Gasteiger partial charge < -0.3 is 11.5 Å². The molecule has 0 spiro atoms. The molecule has 0 aromatic heterocycles. The van der Waals surface area contributed by atoms with Crippen LogP contribution in [-0.4, -0.2) is 17.7 Å². The SMILES string of the molecule is Cl.NC(=O)C(=O)C(N)CC1CCC1. The van der Waals surface area contributed by atoms with Crippen LogP contribution in [-0.2, 0) is 9.59 Å².